The Bertz CT molecular complexity index is 1280. The first-order valence-electron chi connectivity index (χ1n) is 11.1. The second-order valence-corrected chi connectivity index (χ2v) is 8.56. The minimum Gasteiger partial charge on any atom is -0.493 e. The lowest BCUT2D eigenvalue weighted by atomic mass is 9.84. The van der Waals surface area contributed by atoms with E-state index in [1.807, 2.05) is 30.3 Å². The summed E-state index contributed by atoms with van der Waals surface area (Å²) in [5.41, 5.74) is 0.481. The second kappa shape index (κ2) is 10.4. The molecule has 0 saturated carbocycles. The monoisotopic (exact) mass is 499 g/mol. The summed E-state index contributed by atoms with van der Waals surface area (Å²) in [5, 5.41) is 15.4. The van der Waals surface area contributed by atoms with Crippen molar-refractivity contribution in [1.29, 1.82) is 0 Å². The van der Waals surface area contributed by atoms with Crippen molar-refractivity contribution < 1.29 is 23.8 Å². The number of carbonyl (C=O) groups excluding carboxylic acids is 1. The number of methoxy groups -OCH3 is 2. The second-order valence-electron chi connectivity index (χ2n) is 8.18. The number of hydrogen-bond acceptors (Lipinski definition) is 7. The minimum absolute atomic E-state index is 0.0331. The van der Waals surface area contributed by atoms with Crippen LogP contribution in [0.3, 0.4) is 0 Å². The Hall–Kier alpha value is -3.56. The van der Waals surface area contributed by atoms with Gasteiger partial charge < -0.3 is 23.9 Å². The molecule has 35 heavy (non-hydrogen) atoms. The molecule has 0 spiro atoms. The maximum atomic E-state index is 12.8. The first-order chi connectivity index (χ1) is 16.8. The van der Waals surface area contributed by atoms with Gasteiger partial charge in [-0.3, -0.25) is 4.79 Å². The molecule has 9 nitrogen and oxygen atoms in total. The predicted octanol–water partition coefficient (Wildman–Crippen LogP) is 3.19. The summed E-state index contributed by atoms with van der Waals surface area (Å²) in [6.07, 6.45) is 3.93. The smallest absolute Gasteiger partial charge is 0.437 e. The Morgan fingerprint density at radius 2 is 1.86 bits per heavy atom. The predicted molar refractivity (Wildman–Crippen MR) is 130 cm³/mol. The third-order valence-corrected chi connectivity index (χ3v) is 6.47. The van der Waals surface area contributed by atoms with E-state index in [4.69, 9.17) is 25.5 Å². The quantitative estimate of drug-likeness (QED) is 0.532. The molecule has 0 bridgehead atoms. The molecular formula is C25H26ClN3O6. The molecule has 2 heterocycles. The van der Waals surface area contributed by atoms with Crippen LogP contribution in [-0.2, 0) is 16.9 Å². The Balaban J connectivity index is 1.41. The van der Waals surface area contributed by atoms with Gasteiger partial charge in [0, 0.05) is 19.2 Å². The first kappa shape index (κ1) is 24.6. The molecule has 10 heteroatoms. The number of carbonyl (C=O) groups is 1. The van der Waals surface area contributed by atoms with Crippen LogP contribution in [0.15, 0.2) is 51.7 Å². The van der Waals surface area contributed by atoms with Crippen LogP contribution in [0, 0.1) is 0 Å². The number of benzene rings is 2. The average Bonchev–Trinajstić information content (AvgIpc) is 3.22. The van der Waals surface area contributed by atoms with Gasteiger partial charge in [0.1, 0.15) is 6.54 Å². The summed E-state index contributed by atoms with van der Waals surface area (Å²) in [5.74, 6) is -0.104. The van der Waals surface area contributed by atoms with Gasteiger partial charge in [-0.15, -0.1) is 5.10 Å². The van der Waals surface area contributed by atoms with E-state index in [1.54, 1.807) is 23.1 Å². The fourth-order valence-corrected chi connectivity index (χ4v) is 4.37. The summed E-state index contributed by atoms with van der Waals surface area (Å²) in [4.78, 5) is 26.6. The SMILES string of the molecule is COc1ccc(C=Cc2nn(CC(=O)N3CCC(O)(c4ccccc4)CC3)c(=O)o2)c(Cl)c1OC. The van der Waals surface area contributed by atoms with E-state index in [2.05, 4.69) is 5.10 Å². The average molecular weight is 500 g/mol. The maximum absolute atomic E-state index is 12.8. The van der Waals surface area contributed by atoms with Crippen LogP contribution in [0.2, 0.25) is 5.02 Å². The van der Waals surface area contributed by atoms with Gasteiger partial charge >= 0.3 is 5.76 Å². The highest BCUT2D eigenvalue weighted by Gasteiger charge is 2.35. The van der Waals surface area contributed by atoms with E-state index in [-0.39, 0.29) is 18.3 Å². The van der Waals surface area contributed by atoms with Gasteiger partial charge in [0.25, 0.3) is 0 Å². The molecule has 0 unspecified atom stereocenters. The van der Waals surface area contributed by atoms with Crippen molar-refractivity contribution in [3.8, 4) is 11.5 Å². The molecule has 1 aromatic heterocycles. The molecular weight excluding hydrogens is 474 g/mol. The number of rotatable bonds is 7. The van der Waals surface area contributed by atoms with Crippen LogP contribution >= 0.6 is 11.6 Å². The minimum atomic E-state index is -0.966. The van der Waals surface area contributed by atoms with Crippen molar-refractivity contribution in [2.75, 3.05) is 27.3 Å². The van der Waals surface area contributed by atoms with Crippen LogP contribution < -0.4 is 15.2 Å². The van der Waals surface area contributed by atoms with Gasteiger partial charge in [-0.25, -0.2) is 4.79 Å². The highest BCUT2D eigenvalue weighted by Crippen LogP contribution is 2.38. The largest absolute Gasteiger partial charge is 0.493 e. The van der Waals surface area contributed by atoms with Crippen molar-refractivity contribution in [2.24, 2.45) is 0 Å². The van der Waals surface area contributed by atoms with Gasteiger partial charge in [0.15, 0.2) is 11.5 Å². The number of aliphatic hydroxyl groups is 1. The Kier molecular flexibility index (Phi) is 7.28. The van der Waals surface area contributed by atoms with Crippen molar-refractivity contribution >= 4 is 29.7 Å². The number of nitrogens with zero attached hydrogens (tertiary/aromatic N) is 3. The molecule has 3 aromatic rings. The topological polar surface area (TPSA) is 107 Å². The lowest BCUT2D eigenvalue weighted by Gasteiger charge is -2.38. The Labute approximate surface area is 207 Å². The number of piperidine rings is 1. The first-order valence-corrected chi connectivity index (χ1v) is 11.4. The van der Waals surface area contributed by atoms with Gasteiger partial charge in [0.2, 0.25) is 11.8 Å². The lowest BCUT2D eigenvalue weighted by Crippen LogP contribution is -2.46. The number of ether oxygens (including phenoxy) is 2. The van der Waals surface area contributed by atoms with Gasteiger partial charge in [-0.2, -0.15) is 4.68 Å². The zero-order valence-corrected chi connectivity index (χ0v) is 20.2. The summed E-state index contributed by atoms with van der Waals surface area (Å²) in [7, 11) is 3.00. The molecule has 1 N–H and O–H groups in total. The van der Waals surface area contributed by atoms with Crippen molar-refractivity contribution in [3.63, 3.8) is 0 Å². The summed E-state index contributed by atoms with van der Waals surface area (Å²) in [6, 6.07) is 12.9. The molecule has 1 fully saturated rings. The van der Waals surface area contributed by atoms with E-state index in [0.717, 1.165) is 10.2 Å². The Morgan fingerprint density at radius 1 is 1.14 bits per heavy atom. The number of amides is 1. The van der Waals surface area contributed by atoms with Gasteiger partial charge in [-0.05, 0) is 42.2 Å². The van der Waals surface area contributed by atoms with E-state index in [1.165, 1.54) is 20.3 Å². The molecule has 1 amide bonds. The summed E-state index contributed by atoms with van der Waals surface area (Å²) >= 11 is 6.37. The van der Waals surface area contributed by atoms with Crippen LogP contribution in [0.1, 0.15) is 29.9 Å². The van der Waals surface area contributed by atoms with Crippen LogP contribution in [0.4, 0.5) is 0 Å². The molecule has 0 atom stereocenters. The number of hydrogen-bond donors (Lipinski definition) is 1. The van der Waals surface area contributed by atoms with Crippen LogP contribution in [0.25, 0.3) is 12.2 Å². The zero-order valence-electron chi connectivity index (χ0n) is 19.4. The highest BCUT2D eigenvalue weighted by atomic mass is 35.5. The van der Waals surface area contributed by atoms with Crippen molar-refractivity contribution in [1.82, 2.24) is 14.7 Å². The molecule has 1 aliphatic rings. The third kappa shape index (κ3) is 5.26. The Morgan fingerprint density at radius 3 is 2.51 bits per heavy atom. The van der Waals surface area contributed by atoms with E-state index in [0.29, 0.717) is 48.0 Å². The number of aromatic nitrogens is 2. The van der Waals surface area contributed by atoms with Crippen LogP contribution in [0.5, 0.6) is 11.5 Å². The zero-order chi connectivity index (χ0) is 25.0. The summed E-state index contributed by atoms with van der Waals surface area (Å²) in [6.45, 7) is 0.500. The fraction of sp³-hybridized carbons (Fsp3) is 0.320. The van der Waals surface area contributed by atoms with Gasteiger partial charge in [0.05, 0.1) is 24.8 Å². The molecule has 1 saturated heterocycles. The molecule has 2 aromatic carbocycles. The van der Waals surface area contributed by atoms with Crippen LogP contribution in [-0.4, -0.2) is 53.0 Å². The molecule has 4 rings (SSSR count). The van der Waals surface area contributed by atoms with Crippen molar-refractivity contribution in [3.05, 3.63) is 75.1 Å². The van der Waals surface area contributed by atoms with E-state index < -0.39 is 11.4 Å². The molecule has 184 valence electrons. The summed E-state index contributed by atoms with van der Waals surface area (Å²) < 4.78 is 16.6. The van der Waals surface area contributed by atoms with Gasteiger partial charge in [-0.1, -0.05) is 41.9 Å². The highest BCUT2D eigenvalue weighted by molar-refractivity contribution is 6.34. The maximum Gasteiger partial charge on any atom is 0.437 e. The van der Waals surface area contributed by atoms with E-state index in [9.17, 15) is 14.7 Å². The molecule has 0 radical (unpaired) electrons. The van der Waals surface area contributed by atoms with E-state index >= 15 is 0 Å². The normalized spacial score (nSPS) is 15.4. The van der Waals surface area contributed by atoms with Crippen molar-refractivity contribution in [2.45, 2.75) is 25.0 Å². The molecule has 1 aliphatic heterocycles. The standard InChI is InChI=1S/C25H26ClN3O6/c1-33-19-10-8-17(22(26)23(19)34-2)9-11-20-27-29(24(31)35-20)16-21(30)28-14-12-25(32,13-15-28)18-6-4-3-5-7-18/h3-11,32H,12-16H2,1-2H3. The fourth-order valence-electron chi connectivity index (χ4n) is 4.08. The third-order valence-electron chi connectivity index (χ3n) is 6.08. The number of likely N-dealkylation sites (tertiary alicyclic amines) is 1. The molecule has 0 aliphatic carbocycles. The number of halogens is 1. The lowest BCUT2D eigenvalue weighted by molar-refractivity contribution is -0.136.